The van der Waals surface area contributed by atoms with Crippen molar-refractivity contribution in [2.24, 2.45) is 0 Å². The van der Waals surface area contributed by atoms with Gasteiger partial charge in [-0.2, -0.15) is 0 Å². The average Bonchev–Trinajstić information content (AvgIpc) is 1.85. The summed E-state index contributed by atoms with van der Waals surface area (Å²) in [4.78, 5) is 9.68. The van der Waals surface area contributed by atoms with Crippen LogP contribution in [0.1, 0.15) is 5.56 Å². The third-order valence-corrected chi connectivity index (χ3v) is 1.26. The lowest BCUT2D eigenvalue weighted by Crippen LogP contribution is -1.90. The van der Waals surface area contributed by atoms with E-state index in [4.69, 9.17) is 5.11 Å². The van der Waals surface area contributed by atoms with Crippen LogP contribution in [-0.4, -0.2) is 10.0 Å². The van der Waals surface area contributed by atoms with Crippen LogP contribution in [0.2, 0.25) is 0 Å². The molecular formula is C7H6NO3. The summed E-state index contributed by atoms with van der Waals surface area (Å²) in [5.41, 5.74) is 0.137. The first-order chi connectivity index (χ1) is 5.11. The molecule has 0 aliphatic heterocycles. The van der Waals surface area contributed by atoms with Crippen molar-refractivity contribution in [2.75, 3.05) is 0 Å². The molecule has 1 aromatic carbocycles. The number of benzene rings is 1. The van der Waals surface area contributed by atoms with Gasteiger partial charge in [0.15, 0.2) is 0 Å². The van der Waals surface area contributed by atoms with Crippen LogP contribution in [0.3, 0.4) is 0 Å². The molecule has 0 aromatic heterocycles. The fourth-order valence-corrected chi connectivity index (χ4v) is 0.750. The molecule has 1 N–H and O–H groups in total. The van der Waals surface area contributed by atoms with E-state index in [0.29, 0.717) is 0 Å². The molecule has 4 heteroatoms. The molecule has 4 nitrogen and oxygen atoms in total. The van der Waals surface area contributed by atoms with Crippen LogP contribution >= 0.6 is 0 Å². The molecule has 57 valence electrons. The van der Waals surface area contributed by atoms with Crippen LogP contribution in [0.25, 0.3) is 0 Å². The maximum absolute atomic E-state index is 10.2. The molecule has 0 unspecified atom stereocenters. The summed E-state index contributed by atoms with van der Waals surface area (Å²) in [6.07, 6.45) is 0. The molecule has 11 heavy (non-hydrogen) atoms. The Morgan fingerprint density at radius 3 is 2.64 bits per heavy atom. The minimum absolute atomic E-state index is 0.0133. The minimum atomic E-state index is -0.540. The topological polar surface area (TPSA) is 63.4 Å². The Balaban J connectivity index is 3.20. The molecule has 0 saturated carbocycles. The largest absolute Gasteiger partial charge is 0.508 e. The Bertz CT molecular complexity index is 296. The van der Waals surface area contributed by atoms with E-state index in [1.54, 1.807) is 0 Å². The van der Waals surface area contributed by atoms with Crippen molar-refractivity contribution < 1.29 is 10.0 Å². The second kappa shape index (κ2) is 2.57. The molecular weight excluding hydrogens is 146 g/mol. The minimum Gasteiger partial charge on any atom is -0.508 e. The maximum Gasteiger partial charge on any atom is 0.272 e. The SMILES string of the molecule is [CH2]c1cc(O)ccc1[N+](=O)[O-]. The number of nitrogens with zero attached hydrogens (tertiary/aromatic N) is 1. The summed E-state index contributed by atoms with van der Waals surface area (Å²) < 4.78 is 0. The normalized spacial score (nSPS) is 9.55. The second-order valence-corrected chi connectivity index (χ2v) is 2.07. The predicted octanol–water partition coefficient (Wildman–Crippen LogP) is 1.48. The predicted molar refractivity (Wildman–Crippen MR) is 39.2 cm³/mol. The van der Waals surface area contributed by atoms with Crippen molar-refractivity contribution in [3.05, 3.63) is 40.8 Å². The summed E-state index contributed by atoms with van der Waals surface area (Å²) in [5, 5.41) is 19.1. The molecule has 0 amide bonds. The van der Waals surface area contributed by atoms with Gasteiger partial charge in [-0.3, -0.25) is 10.1 Å². The van der Waals surface area contributed by atoms with E-state index in [1.807, 2.05) is 0 Å². The van der Waals surface area contributed by atoms with Crippen molar-refractivity contribution >= 4 is 5.69 Å². The molecule has 1 rings (SSSR count). The van der Waals surface area contributed by atoms with Crippen LogP contribution in [-0.2, 0) is 0 Å². The number of hydrogen-bond acceptors (Lipinski definition) is 3. The fraction of sp³-hybridized carbons (Fsp3) is 0. The Morgan fingerprint density at radius 2 is 2.18 bits per heavy atom. The van der Waals surface area contributed by atoms with Gasteiger partial charge in [0.1, 0.15) is 5.75 Å². The lowest BCUT2D eigenvalue weighted by Gasteiger charge is -1.95. The highest BCUT2D eigenvalue weighted by molar-refractivity contribution is 5.46. The number of aromatic hydroxyl groups is 1. The van der Waals surface area contributed by atoms with E-state index in [0.717, 1.165) is 0 Å². The third-order valence-electron chi connectivity index (χ3n) is 1.26. The van der Waals surface area contributed by atoms with Gasteiger partial charge in [-0.15, -0.1) is 0 Å². The van der Waals surface area contributed by atoms with Crippen LogP contribution in [0, 0.1) is 17.0 Å². The van der Waals surface area contributed by atoms with E-state index in [1.165, 1.54) is 18.2 Å². The van der Waals surface area contributed by atoms with Crippen molar-refractivity contribution in [3.63, 3.8) is 0 Å². The van der Waals surface area contributed by atoms with Gasteiger partial charge in [-0.05, 0) is 19.1 Å². The van der Waals surface area contributed by atoms with Gasteiger partial charge in [0.2, 0.25) is 0 Å². The maximum atomic E-state index is 10.2. The third kappa shape index (κ3) is 1.46. The van der Waals surface area contributed by atoms with Gasteiger partial charge in [0, 0.05) is 11.6 Å². The van der Waals surface area contributed by atoms with Gasteiger partial charge in [-0.25, -0.2) is 0 Å². The summed E-state index contributed by atoms with van der Waals surface area (Å²) in [6, 6.07) is 3.72. The molecule has 1 radical (unpaired) electrons. The van der Waals surface area contributed by atoms with Gasteiger partial charge < -0.3 is 5.11 Å². The van der Waals surface area contributed by atoms with Crippen LogP contribution < -0.4 is 0 Å². The zero-order valence-electron chi connectivity index (χ0n) is 5.65. The first-order valence-electron chi connectivity index (χ1n) is 2.90. The van der Waals surface area contributed by atoms with Crippen LogP contribution in [0.5, 0.6) is 5.75 Å². The number of nitro benzene ring substituents is 1. The average molecular weight is 152 g/mol. The van der Waals surface area contributed by atoms with E-state index in [9.17, 15) is 10.1 Å². The van der Waals surface area contributed by atoms with E-state index in [2.05, 4.69) is 6.92 Å². The summed E-state index contributed by atoms with van der Waals surface area (Å²) >= 11 is 0. The number of rotatable bonds is 1. The molecule has 0 bridgehead atoms. The summed E-state index contributed by atoms with van der Waals surface area (Å²) in [7, 11) is 0. The molecule has 0 fully saturated rings. The highest BCUT2D eigenvalue weighted by atomic mass is 16.6. The number of phenolic OH excluding ortho intramolecular Hbond substituents is 1. The quantitative estimate of drug-likeness (QED) is 0.489. The Hall–Kier alpha value is -1.58. The van der Waals surface area contributed by atoms with E-state index < -0.39 is 4.92 Å². The van der Waals surface area contributed by atoms with E-state index >= 15 is 0 Å². The standard InChI is InChI=1S/C7H6NO3/c1-5-4-6(9)2-3-7(5)8(10)11/h2-4,9H,1H2. The zero-order chi connectivity index (χ0) is 8.43. The zero-order valence-corrected chi connectivity index (χ0v) is 5.65. The smallest absolute Gasteiger partial charge is 0.272 e. The second-order valence-electron chi connectivity index (χ2n) is 2.07. The fourth-order valence-electron chi connectivity index (χ4n) is 0.750. The van der Waals surface area contributed by atoms with Gasteiger partial charge >= 0.3 is 0 Å². The Labute approximate surface area is 63.2 Å². The molecule has 0 spiro atoms. The highest BCUT2D eigenvalue weighted by Gasteiger charge is 2.08. The molecule has 1 aromatic rings. The van der Waals surface area contributed by atoms with Gasteiger partial charge in [0.05, 0.1) is 4.92 Å². The van der Waals surface area contributed by atoms with E-state index in [-0.39, 0.29) is 17.0 Å². The van der Waals surface area contributed by atoms with Crippen molar-refractivity contribution in [3.8, 4) is 5.75 Å². The first kappa shape index (κ1) is 7.53. The lowest BCUT2D eigenvalue weighted by molar-refractivity contribution is -0.385. The van der Waals surface area contributed by atoms with Crippen molar-refractivity contribution in [2.45, 2.75) is 0 Å². The summed E-state index contributed by atoms with van der Waals surface area (Å²) in [6.45, 7) is 3.40. The number of phenols is 1. The number of nitro groups is 1. The molecule has 0 saturated heterocycles. The summed E-state index contributed by atoms with van der Waals surface area (Å²) in [5.74, 6) is -0.0133. The lowest BCUT2D eigenvalue weighted by atomic mass is 10.2. The van der Waals surface area contributed by atoms with Gasteiger partial charge in [0.25, 0.3) is 5.69 Å². The monoisotopic (exact) mass is 152 g/mol. The highest BCUT2D eigenvalue weighted by Crippen LogP contribution is 2.21. The van der Waals surface area contributed by atoms with Crippen LogP contribution in [0.4, 0.5) is 5.69 Å². The Morgan fingerprint density at radius 1 is 1.55 bits per heavy atom. The van der Waals surface area contributed by atoms with Crippen molar-refractivity contribution in [1.29, 1.82) is 0 Å². The van der Waals surface area contributed by atoms with Crippen molar-refractivity contribution in [1.82, 2.24) is 0 Å². The molecule has 0 heterocycles. The molecule has 0 atom stereocenters. The van der Waals surface area contributed by atoms with Crippen LogP contribution in [0.15, 0.2) is 18.2 Å². The molecule has 0 aliphatic rings. The first-order valence-corrected chi connectivity index (χ1v) is 2.90. The number of hydrogen-bond donors (Lipinski definition) is 1. The van der Waals surface area contributed by atoms with Gasteiger partial charge in [-0.1, -0.05) is 0 Å². The molecule has 0 aliphatic carbocycles. The Kier molecular flexibility index (Phi) is 1.76.